The van der Waals surface area contributed by atoms with Gasteiger partial charge in [-0.25, -0.2) is 8.42 Å². The lowest BCUT2D eigenvalue weighted by atomic mass is 10.0. The van der Waals surface area contributed by atoms with E-state index in [-0.39, 0.29) is 26.3 Å². The zero-order valence-corrected chi connectivity index (χ0v) is 13.6. The van der Waals surface area contributed by atoms with Crippen LogP contribution in [0.4, 0.5) is 0 Å². The van der Waals surface area contributed by atoms with Crippen molar-refractivity contribution in [1.82, 2.24) is 4.31 Å². The fraction of sp³-hybridized carbons (Fsp3) is 1.00. The van der Waals surface area contributed by atoms with Gasteiger partial charge < -0.3 is 19.6 Å². The van der Waals surface area contributed by atoms with E-state index in [1.165, 1.54) is 28.4 Å². The third-order valence-corrected chi connectivity index (χ3v) is 3.72. The number of aliphatic hydroxyl groups is 2. The summed E-state index contributed by atoms with van der Waals surface area (Å²) in [6.07, 6.45) is 1.03. The van der Waals surface area contributed by atoms with Gasteiger partial charge >= 0.3 is 0 Å². The molecule has 1 radical (unpaired) electrons. The van der Waals surface area contributed by atoms with Gasteiger partial charge in [0.15, 0.2) is 0 Å². The van der Waals surface area contributed by atoms with Crippen molar-refractivity contribution in [2.24, 2.45) is 0 Å². The summed E-state index contributed by atoms with van der Waals surface area (Å²) in [5, 5.41) is 20.2. The summed E-state index contributed by atoms with van der Waals surface area (Å²) in [4.78, 5) is 0. The highest BCUT2D eigenvalue weighted by Gasteiger charge is 2.34. The molecular formula is C11H25BNO6S. The van der Waals surface area contributed by atoms with Crippen LogP contribution >= 0.6 is 0 Å². The Labute approximate surface area is 122 Å². The Hall–Kier alpha value is -0.185. The van der Waals surface area contributed by atoms with Gasteiger partial charge in [0.05, 0.1) is 30.7 Å². The predicted molar refractivity (Wildman–Crippen MR) is 77.1 cm³/mol. The van der Waals surface area contributed by atoms with E-state index in [9.17, 15) is 18.6 Å². The number of hydrogen-bond acceptors (Lipinski definition) is 6. The Bertz CT molecular complexity index is 384. The summed E-state index contributed by atoms with van der Waals surface area (Å²) in [5.41, 5.74) is -2.70. The van der Waals surface area contributed by atoms with Crippen molar-refractivity contribution < 1.29 is 28.0 Å². The average molecular weight is 310 g/mol. The van der Waals surface area contributed by atoms with Crippen LogP contribution in [0, 0.1) is 0 Å². The second-order valence-corrected chi connectivity index (χ2v) is 7.49. The predicted octanol–water partition coefficient (Wildman–Crippen LogP) is -0.920. The first-order valence-corrected chi connectivity index (χ1v) is 8.07. The molecule has 20 heavy (non-hydrogen) atoms. The second kappa shape index (κ2) is 7.72. The molecule has 2 N–H and O–H groups in total. The van der Waals surface area contributed by atoms with Crippen LogP contribution in [-0.4, -0.2) is 81.3 Å². The Morgan fingerprint density at radius 2 is 1.60 bits per heavy atom. The molecule has 0 spiro atoms. The lowest BCUT2D eigenvalue weighted by molar-refractivity contribution is -0.0458. The highest BCUT2D eigenvalue weighted by molar-refractivity contribution is 7.88. The molecule has 0 rings (SSSR count). The molecule has 0 bridgehead atoms. The first-order valence-electron chi connectivity index (χ1n) is 6.22. The molecule has 0 amide bonds. The lowest BCUT2D eigenvalue weighted by Gasteiger charge is -2.34. The Kier molecular flexibility index (Phi) is 7.65. The third-order valence-electron chi connectivity index (χ3n) is 2.52. The molecule has 0 saturated carbocycles. The maximum atomic E-state index is 11.8. The number of rotatable bonds is 10. The third kappa shape index (κ3) is 8.18. The van der Waals surface area contributed by atoms with Crippen LogP contribution in [0.25, 0.3) is 0 Å². The molecule has 0 heterocycles. The topological polar surface area (TPSA) is 96.3 Å². The standard InChI is InChI=1S/C11H25BNO6S/c1-10(14,8-18-4)6-13(20(5,16)17)7-11(2,15)9-19-12-3/h14-15H,6-9H2,1-5H3. The first-order chi connectivity index (χ1) is 8.93. The van der Waals surface area contributed by atoms with Crippen LogP contribution in [0.15, 0.2) is 0 Å². The van der Waals surface area contributed by atoms with Crippen LogP contribution < -0.4 is 0 Å². The molecule has 0 saturated heterocycles. The summed E-state index contributed by atoms with van der Waals surface area (Å²) in [7, 11) is -0.749. The molecule has 0 aromatic heterocycles. The molecule has 9 heteroatoms. The van der Waals surface area contributed by atoms with E-state index in [4.69, 9.17) is 9.39 Å². The minimum absolute atomic E-state index is 0.0135. The smallest absolute Gasteiger partial charge is 0.289 e. The zero-order chi connectivity index (χ0) is 16.0. The Morgan fingerprint density at radius 1 is 1.15 bits per heavy atom. The van der Waals surface area contributed by atoms with Gasteiger partial charge in [-0.2, -0.15) is 4.31 Å². The van der Waals surface area contributed by atoms with Crippen molar-refractivity contribution in [3.05, 3.63) is 0 Å². The molecule has 0 aliphatic rings. The maximum absolute atomic E-state index is 11.8. The second-order valence-electron chi connectivity index (χ2n) is 5.50. The number of sulfonamides is 1. The highest BCUT2D eigenvalue weighted by Crippen LogP contribution is 2.15. The number of methoxy groups -OCH3 is 1. The molecule has 0 aromatic rings. The van der Waals surface area contributed by atoms with Gasteiger partial charge in [-0.15, -0.1) is 0 Å². The number of hydrogen-bond donors (Lipinski definition) is 2. The summed E-state index contributed by atoms with van der Waals surface area (Å²) in [5.74, 6) is 0. The van der Waals surface area contributed by atoms with Crippen molar-refractivity contribution >= 4 is 17.5 Å². The van der Waals surface area contributed by atoms with Crippen molar-refractivity contribution in [3.63, 3.8) is 0 Å². The van der Waals surface area contributed by atoms with Gasteiger partial charge in [0.25, 0.3) is 7.48 Å². The van der Waals surface area contributed by atoms with Gasteiger partial charge in [0.1, 0.15) is 0 Å². The molecule has 0 fully saturated rings. The summed E-state index contributed by atoms with van der Waals surface area (Å²) >= 11 is 0. The monoisotopic (exact) mass is 310 g/mol. The van der Waals surface area contributed by atoms with Crippen molar-refractivity contribution in [1.29, 1.82) is 0 Å². The molecular weight excluding hydrogens is 285 g/mol. The summed E-state index contributed by atoms with van der Waals surface area (Å²) < 4.78 is 34.4. The normalized spacial score (nSPS) is 18.6. The van der Waals surface area contributed by atoms with E-state index in [1.807, 2.05) is 0 Å². The minimum atomic E-state index is -3.58. The number of ether oxygens (including phenoxy) is 1. The molecule has 7 nitrogen and oxygen atoms in total. The van der Waals surface area contributed by atoms with E-state index in [1.54, 1.807) is 6.82 Å². The number of nitrogens with zero attached hydrogens (tertiary/aromatic N) is 1. The van der Waals surface area contributed by atoms with E-state index in [0.29, 0.717) is 0 Å². The van der Waals surface area contributed by atoms with Crippen LogP contribution in [0.2, 0.25) is 6.82 Å². The van der Waals surface area contributed by atoms with E-state index in [2.05, 4.69) is 0 Å². The molecule has 0 aliphatic heterocycles. The Balaban J connectivity index is 4.92. The lowest BCUT2D eigenvalue weighted by Crippen LogP contribution is -2.52. The fourth-order valence-electron chi connectivity index (χ4n) is 1.72. The average Bonchev–Trinajstić information content (AvgIpc) is 2.23. The molecule has 0 aromatic carbocycles. The molecule has 119 valence electrons. The van der Waals surface area contributed by atoms with E-state index < -0.39 is 21.2 Å². The quantitative estimate of drug-likeness (QED) is 0.507. The largest absolute Gasteiger partial charge is 0.438 e. The van der Waals surface area contributed by atoms with Crippen LogP contribution in [-0.2, 0) is 19.4 Å². The summed E-state index contributed by atoms with van der Waals surface area (Å²) in [6, 6.07) is 0. The minimum Gasteiger partial charge on any atom is -0.438 e. The first kappa shape index (κ1) is 19.8. The van der Waals surface area contributed by atoms with Crippen LogP contribution in [0.3, 0.4) is 0 Å². The van der Waals surface area contributed by atoms with Crippen LogP contribution in [0.1, 0.15) is 13.8 Å². The summed E-state index contributed by atoms with van der Waals surface area (Å²) in [6.45, 7) is 4.20. The van der Waals surface area contributed by atoms with Gasteiger partial charge in [0, 0.05) is 20.2 Å². The van der Waals surface area contributed by atoms with Gasteiger partial charge in [-0.05, 0) is 13.8 Å². The SMILES string of the molecule is C[B]OCC(C)(O)CN(CC(C)(O)COC)S(C)(=O)=O. The van der Waals surface area contributed by atoms with E-state index >= 15 is 0 Å². The van der Waals surface area contributed by atoms with Crippen molar-refractivity contribution in [3.8, 4) is 0 Å². The zero-order valence-electron chi connectivity index (χ0n) is 12.8. The molecule has 0 aliphatic carbocycles. The molecule has 2 atom stereocenters. The van der Waals surface area contributed by atoms with E-state index in [0.717, 1.165) is 10.6 Å². The maximum Gasteiger partial charge on any atom is 0.289 e. The highest BCUT2D eigenvalue weighted by atomic mass is 32.2. The van der Waals surface area contributed by atoms with Gasteiger partial charge in [-0.3, -0.25) is 0 Å². The van der Waals surface area contributed by atoms with Crippen LogP contribution in [0.5, 0.6) is 0 Å². The van der Waals surface area contributed by atoms with Gasteiger partial charge in [-0.1, -0.05) is 6.82 Å². The fourth-order valence-corrected chi connectivity index (χ4v) is 2.74. The van der Waals surface area contributed by atoms with Crippen molar-refractivity contribution in [2.75, 3.05) is 39.7 Å². The van der Waals surface area contributed by atoms with Crippen molar-refractivity contribution in [2.45, 2.75) is 31.9 Å². The Morgan fingerprint density at radius 3 is 1.95 bits per heavy atom. The molecule has 2 unspecified atom stereocenters. The van der Waals surface area contributed by atoms with Gasteiger partial charge in [0.2, 0.25) is 10.0 Å².